The van der Waals surface area contributed by atoms with Crippen LogP contribution in [0.3, 0.4) is 0 Å². The molecule has 5 heteroatoms. The van der Waals surface area contributed by atoms with Crippen LogP contribution >= 0.6 is 0 Å². The maximum Gasteiger partial charge on any atom is 0.220 e. The van der Waals surface area contributed by atoms with E-state index in [9.17, 15) is 14.9 Å². The highest BCUT2D eigenvalue weighted by Crippen LogP contribution is 2.71. The van der Waals surface area contributed by atoms with Crippen molar-refractivity contribution >= 4 is 17.4 Å². The van der Waals surface area contributed by atoms with Crippen molar-refractivity contribution in [1.29, 1.82) is 5.26 Å². The fourth-order valence-corrected chi connectivity index (χ4v) is 10.5. The van der Waals surface area contributed by atoms with Gasteiger partial charge in [-0.1, -0.05) is 53.2 Å². The molecule has 0 spiro atoms. The molecule has 5 aliphatic carbocycles. The zero-order valence-corrected chi connectivity index (χ0v) is 25.5. The molecule has 0 aromatic rings. The van der Waals surface area contributed by atoms with Crippen molar-refractivity contribution < 1.29 is 9.59 Å². The monoisotopic (exact) mass is 531 g/mol. The minimum Gasteiger partial charge on any atom is -0.356 e. The Balaban J connectivity index is 1.65. The van der Waals surface area contributed by atoms with Gasteiger partial charge in [0.2, 0.25) is 5.91 Å². The Labute approximate surface area is 236 Å². The zero-order chi connectivity index (χ0) is 28.6. The second-order valence-electron chi connectivity index (χ2n) is 15.4. The molecule has 1 amide bonds. The number of fused-ring (bicyclic) bond motifs is 7. The highest BCUT2D eigenvalue weighted by molar-refractivity contribution is 6.05. The van der Waals surface area contributed by atoms with Gasteiger partial charge in [-0.25, -0.2) is 0 Å². The van der Waals surface area contributed by atoms with Crippen LogP contribution in [0.5, 0.6) is 0 Å². The summed E-state index contributed by atoms with van der Waals surface area (Å²) in [6.07, 6.45) is 12.7. The van der Waals surface area contributed by atoms with Gasteiger partial charge in [0.25, 0.3) is 0 Å². The largest absolute Gasteiger partial charge is 0.356 e. The number of nitrogens with one attached hydrogen (secondary N) is 1. The molecule has 3 saturated carbocycles. The van der Waals surface area contributed by atoms with Crippen LogP contribution in [0.4, 0.5) is 0 Å². The lowest BCUT2D eigenvalue weighted by Gasteiger charge is -2.66. The van der Waals surface area contributed by atoms with Gasteiger partial charge in [-0.15, -0.1) is 0 Å². The highest BCUT2D eigenvalue weighted by Gasteiger charge is 2.65. The van der Waals surface area contributed by atoms with Crippen LogP contribution < -0.4 is 5.32 Å². The van der Waals surface area contributed by atoms with E-state index in [0.29, 0.717) is 36.3 Å². The first-order chi connectivity index (χ1) is 18.2. The van der Waals surface area contributed by atoms with Gasteiger partial charge >= 0.3 is 0 Å². The van der Waals surface area contributed by atoms with Crippen molar-refractivity contribution in [2.75, 3.05) is 13.6 Å². The predicted octanol–water partition coefficient (Wildman–Crippen LogP) is 6.84. The third-order valence-electron chi connectivity index (χ3n) is 12.4. The third kappa shape index (κ3) is 4.02. The topological polar surface area (TPSA) is 82.3 Å². The first-order valence-corrected chi connectivity index (χ1v) is 15.3. The maximum absolute atomic E-state index is 13.3. The minimum absolute atomic E-state index is 0.00742. The second-order valence-corrected chi connectivity index (χ2v) is 15.4. The van der Waals surface area contributed by atoms with Crippen LogP contribution in [0.1, 0.15) is 99.8 Å². The summed E-state index contributed by atoms with van der Waals surface area (Å²) >= 11 is 0. The van der Waals surface area contributed by atoms with Gasteiger partial charge in [-0.3, -0.25) is 14.6 Å². The van der Waals surface area contributed by atoms with Crippen LogP contribution in [0.25, 0.3) is 0 Å². The number of nitriles is 1. The van der Waals surface area contributed by atoms with Crippen molar-refractivity contribution in [2.24, 2.45) is 55.7 Å². The van der Waals surface area contributed by atoms with Gasteiger partial charge in [0, 0.05) is 42.5 Å². The van der Waals surface area contributed by atoms with Crippen LogP contribution in [0.15, 0.2) is 28.3 Å². The molecule has 0 aliphatic heterocycles. The van der Waals surface area contributed by atoms with E-state index >= 15 is 0 Å². The Bertz CT molecular complexity index is 1220. The minimum atomic E-state index is -0.571. The number of rotatable bonds is 3. The van der Waals surface area contributed by atoms with Crippen molar-refractivity contribution in [3.63, 3.8) is 0 Å². The van der Waals surface area contributed by atoms with E-state index in [1.54, 1.807) is 0 Å². The van der Waals surface area contributed by atoms with Crippen molar-refractivity contribution in [2.45, 2.75) is 99.8 Å². The van der Waals surface area contributed by atoms with E-state index in [1.807, 2.05) is 33.9 Å². The lowest BCUT2D eigenvalue weighted by Crippen LogP contribution is -2.61. The number of Topliss-reactive ketones (excluding diaryl/α,β-unsaturated/α-hetero) is 1. The first kappa shape index (κ1) is 28.3. The molecular formula is C34H49N3O2. The number of hydrogen-bond acceptors (Lipinski definition) is 4. The molecule has 5 nitrogen and oxygen atoms in total. The molecule has 0 aromatic heterocycles. The lowest BCUT2D eigenvalue weighted by atomic mass is 9.38. The number of carbonyl (C=O) groups is 2. The number of carbonyl (C=O) groups excluding carboxylic acids is 2. The third-order valence-corrected chi connectivity index (χ3v) is 12.4. The molecule has 5 rings (SSSR count). The molecule has 39 heavy (non-hydrogen) atoms. The van der Waals surface area contributed by atoms with E-state index in [-0.39, 0.29) is 39.3 Å². The number of ketones is 1. The van der Waals surface area contributed by atoms with E-state index in [2.05, 4.69) is 45.2 Å². The number of allylic oxidation sites excluding steroid dienone is 4. The van der Waals surface area contributed by atoms with Crippen LogP contribution in [0, 0.1) is 62.1 Å². The maximum atomic E-state index is 13.3. The van der Waals surface area contributed by atoms with Crippen LogP contribution in [0.2, 0.25) is 0 Å². The molecule has 3 fully saturated rings. The van der Waals surface area contributed by atoms with Crippen molar-refractivity contribution in [3.8, 4) is 6.07 Å². The quantitative estimate of drug-likeness (QED) is 0.433. The molecule has 0 radical (unpaired) electrons. The fourth-order valence-electron chi connectivity index (χ4n) is 10.5. The standard InChI is InChI=1S/C34H49N3O2/c1-9-37-27(38)19-34-13-10-22-28(23(34)18-30(2,3)14-15-34)24(36-8)16-26-32(22,6)12-11-25-31(4,5)29(39)21(20-35)17-33(25,26)7/h16-17,22-23,25,28H,9-15,18-19H2,1-8H3,(H,37,38). The van der Waals surface area contributed by atoms with Crippen molar-refractivity contribution in [1.82, 2.24) is 5.32 Å². The number of hydrogen-bond donors (Lipinski definition) is 1. The number of nitrogens with zero attached hydrogens (tertiary/aromatic N) is 2. The summed E-state index contributed by atoms with van der Waals surface area (Å²) in [5, 5.41) is 13.1. The van der Waals surface area contributed by atoms with Gasteiger partial charge in [0.05, 0.1) is 5.57 Å². The fraction of sp³-hybridized carbons (Fsp3) is 0.765. The van der Waals surface area contributed by atoms with E-state index < -0.39 is 5.41 Å². The Hall–Kier alpha value is -2.22. The van der Waals surface area contributed by atoms with Gasteiger partial charge in [0.1, 0.15) is 6.07 Å². The number of aliphatic imine (C=N–C) groups is 1. The van der Waals surface area contributed by atoms with Gasteiger partial charge < -0.3 is 5.32 Å². The zero-order valence-electron chi connectivity index (χ0n) is 25.5. The van der Waals surface area contributed by atoms with Crippen molar-refractivity contribution in [3.05, 3.63) is 23.3 Å². The summed E-state index contributed by atoms with van der Waals surface area (Å²) in [7, 11) is 1.94. The van der Waals surface area contributed by atoms with E-state index in [4.69, 9.17) is 4.99 Å². The molecule has 7 atom stereocenters. The molecule has 0 heterocycles. The Morgan fingerprint density at radius 1 is 1.08 bits per heavy atom. The summed E-state index contributed by atoms with van der Waals surface area (Å²) < 4.78 is 0. The Morgan fingerprint density at radius 3 is 2.44 bits per heavy atom. The summed E-state index contributed by atoms with van der Waals surface area (Å²) in [6, 6.07) is 2.25. The SMILES string of the molecule is CCNC(=O)CC12CCC3C(C(=NC)C=C4C5(C)C=C(C#N)C(=O)C(C)(C)C5CCC43C)C1CC(C)(C)CC2. The molecule has 7 unspecified atom stereocenters. The van der Waals surface area contributed by atoms with Gasteiger partial charge in [0.15, 0.2) is 5.78 Å². The summed E-state index contributed by atoms with van der Waals surface area (Å²) in [5.74, 6) is 1.57. The molecule has 0 bridgehead atoms. The molecule has 5 aliphatic rings. The summed E-state index contributed by atoms with van der Waals surface area (Å²) in [4.78, 5) is 31.3. The smallest absolute Gasteiger partial charge is 0.220 e. The lowest BCUT2D eigenvalue weighted by molar-refractivity contribution is -0.136. The molecule has 1 N–H and O–H groups in total. The predicted molar refractivity (Wildman–Crippen MR) is 156 cm³/mol. The molecular weight excluding hydrogens is 482 g/mol. The van der Waals surface area contributed by atoms with E-state index in [0.717, 1.165) is 38.5 Å². The summed E-state index contributed by atoms with van der Waals surface area (Å²) in [6.45, 7) is 16.3. The average Bonchev–Trinajstić information content (AvgIpc) is 2.86. The Kier molecular flexibility index (Phi) is 6.64. The highest BCUT2D eigenvalue weighted by atomic mass is 16.1. The average molecular weight is 532 g/mol. The van der Waals surface area contributed by atoms with E-state index in [1.165, 1.54) is 17.7 Å². The molecule has 0 aromatic carbocycles. The summed E-state index contributed by atoms with van der Waals surface area (Å²) in [5.41, 5.74) is 2.23. The molecule has 212 valence electrons. The number of amides is 1. The molecule has 0 saturated heterocycles. The van der Waals surface area contributed by atoms with Crippen LogP contribution in [-0.2, 0) is 9.59 Å². The van der Waals surface area contributed by atoms with Gasteiger partial charge in [-0.2, -0.15) is 5.26 Å². The second kappa shape index (κ2) is 9.15. The van der Waals surface area contributed by atoms with Crippen LogP contribution in [-0.4, -0.2) is 31.0 Å². The van der Waals surface area contributed by atoms with Gasteiger partial charge in [-0.05, 0) is 91.9 Å². The normalized spacial score (nSPS) is 43.1. The Morgan fingerprint density at radius 2 is 1.79 bits per heavy atom. The first-order valence-electron chi connectivity index (χ1n) is 15.3.